The van der Waals surface area contributed by atoms with Crippen LogP contribution in [0.2, 0.25) is 0 Å². The number of carbonyl (C=O) groups excluding carboxylic acids is 1. The summed E-state index contributed by atoms with van der Waals surface area (Å²) < 4.78 is 17.1. The van der Waals surface area contributed by atoms with E-state index in [-0.39, 0.29) is 52.6 Å². The highest BCUT2D eigenvalue weighted by Gasteiger charge is 2.26. The van der Waals surface area contributed by atoms with Crippen molar-refractivity contribution in [3.05, 3.63) is 58.8 Å². The molecular formula is C23H23NO6. The minimum absolute atomic E-state index is 0.0342. The Morgan fingerprint density at radius 2 is 1.83 bits per heavy atom. The minimum atomic E-state index is -0.355. The first-order chi connectivity index (χ1) is 14.4. The van der Waals surface area contributed by atoms with Crippen molar-refractivity contribution in [2.45, 2.75) is 26.1 Å². The zero-order valence-electron chi connectivity index (χ0n) is 16.8. The van der Waals surface area contributed by atoms with Crippen LogP contribution in [0.1, 0.15) is 13.8 Å². The minimum Gasteiger partial charge on any atom is -0.507 e. The number of carbonyl (C=O) groups is 1. The first-order valence-corrected chi connectivity index (χ1v) is 9.83. The number of fused-ring (bicyclic) bond motifs is 1. The Hall–Kier alpha value is -3.32. The van der Waals surface area contributed by atoms with Crippen molar-refractivity contribution in [2.24, 2.45) is 0 Å². The van der Waals surface area contributed by atoms with Gasteiger partial charge in [-0.1, -0.05) is 30.3 Å². The SMILES string of the molecule is C[C@H]1CN(C(=O)COc2cc(O)c3c(=O)cc(-c4ccccc4)oc3c2)C[C@H](C)O1. The summed E-state index contributed by atoms with van der Waals surface area (Å²) in [5.74, 6) is 0.209. The fraction of sp³-hybridized carbons (Fsp3) is 0.304. The summed E-state index contributed by atoms with van der Waals surface area (Å²) in [5.41, 5.74) is 0.581. The van der Waals surface area contributed by atoms with E-state index < -0.39 is 0 Å². The summed E-state index contributed by atoms with van der Waals surface area (Å²) in [6.45, 7) is 4.66. The van der Waals surface area contributed by atoms with Crippen LogP contribution < -0.4 is 10.2 Å². The predicted octanol–water partition coefficient (Wildman–Crippen LogP) is 3.18. The van der Waals surface area contributed by atoms with Gasteiger partial charge in [0.05, 0.1) is 12.2 Å². The average Bonchev–Trinajstić information content (AvgIpc) is 2.71. The topological polar surface area (TPSA) is 89.2 Å². The monoisotopic (exact) mass is 409 g/mol. The van der Waals surface area contributed by atoms with E-state index in [4.69, 9.17) is 13.9 Å². The third-order valence-electron chi connectivity index (χ3n) is 4.98. The molecule has 156 valence electrons. The normalized spacial score (nSPS) is 19.1. The van der Waals surface area contributed by atoms with Gasteiger partial charge in [0, 0.05) is 36.9 Å². The van der Waals surface area contributed by atoms with E-state index in [1.165, 1.54) is 18.2 Å². The van der Waals surface area contributed by atoms with Gasteiger partial charge in [-0.3, -0.25) is 9.59 Å². The molecule has 1 aliphatic heterocycles. The summed E-state index contributed by atoms with van der Waals surface area (Å²) in [5, 5.41) is 10.4. The van der Waals surface area contributed by atoms with Gasteiger partial charge < -0.3 is 23.9 Å². The Kier molecular flexibility index (Phi) is 5.46. The summed E-state index contributed by atoms with van der Waals surface area (Å²) in [4.78, 5) is 26.7. The summed E-state index contributed by atoms with van der Waals surface area (Å²) in [6.07, 6.45) is -0.0683. The van der Waals surface area contributed by atoms with Crippen molar-refractivity contribution in [1.82, 2.24) is 4.90 Å². The molecule has 1 N–H and O–H groups in total. The molecule has 1 fully saturated rings. The van der Waals surface area contributed by atoms with E-state index in [1.807, 2.05) is 44.2 Å². The first kappa shape index (κ1) is 20.0. The number of benzene rings is 2. The van der Waals surface area contributed by atoms with Crippen molar-refractivity contribution in [1.29, 1.82) is 0 Å². The van der Waals surface area contributed by atoms with Crippen LogP contribution in [-0.2, 0) is 9.53 Å². The molecule has 0 radical (unpaired) electrons. The van der Waals surface area contributed by atoms with E-state index in [1.54, 1.807) is 4.90 Å². The van der Waals surface area contributed by atoms with Crippen LogP contribution in [-0.4, -0.2) is 47.8 Å². The van der Waals surface area contributed by atoms with Gasteiger partial charge >= 0.3 is 0 Å². The smallest absolute Gasteiger partial charge is 0.260 e. The first-order valence-electron chi connectivity index (χ1n) is 9.83. The van der Waals surface area contributed by atoms with Crippen LogP contribution in [0.25, 0.3) is 22.3 Å². The molecule has 3 aromatic rings. The summed E-state index contributed by atoms with van der Waals surface area (Å²) >= 11 is 0. The molecule has 1 aliphatic rings. The van der Waals surface area contributed by atoms with Crippen LogP contribution >= 0.6 is 0 Å². The lowest BCUT2D eigenvalue weighted by Gasteiger charge is -2.35. The summed E-state index contributed by atoms with van der Waals surface area (Å²) in [7, 11) is 0. The molecule has 2 heterocycles. The number of nitrogens with zero attached hydrogens (tertiary/aromatic N) is 1. The highest BCUT2D eigenvalue weighted by Crippen LogP contribution is 2.31. The van der Waals surface area contributed by atoms with Crippen LogP contribution in [0.15, 0.2) is 57.7 Å². The second-order valence-corrected chi connectivity index (χ2v) is 7.50. The Labute approximate surface area is 173 Å². The number of ether oxygens (including phenoxy) is 2. The lowest BCUT2D eigenvalue weighted by molar-refractivity contribution is -0.145. The lowest BCUT2D eigenvalue weighted by Crippen LogP contribution is -2.49. The van der Waals surface area contributed by atoms with Crippen molar-refractivity contribution >= 4 is 16.9 Å². The van der Waals surface area contributed by atoms with Gasteiger partial charge in [0.25, 0.3) is 5.91 Å². The van der Waals surface area contributed by atoms with E-state index in [9.17, 15) is 14.7 Å². The standard InChI is InChI=1S/C23H23NO6/c1-14-11-24(12-15(2)29-14)22(27)13-28-17-8-18(25)23-19(26)10-20(30-21(23)9-17)16-6-4-3-5-7-16/h3-10,14-15,25H,11-13H2,1-2H3/t14-,15-/m0/s1. The van der Waals surface area contributed by atoms with Crippen LogP contribution in [0.3, 0.4) is 0 Å². The molecule has 4 rings (SSSR count). The van der Waals surface area contributed by atoms with Crippen molar-refractivity contribution in [3.8, 4) is 22.8 Å². The summed E-state index contributed by atoms with van der Waals surface area (Å²) in [6, 6.07) is 13.4. The maximum atomic E-state index is 12.5. The van der Waals surface area contributed by atoms with E-state index in [0.29, 0.717) is 18.8 Å². The number of phenolic OH excluding ortho intramolecular Hbond substituents is 1. The number of hydrogen-bond acceptors (Lipinski definition) is 6. The van der Waals surface area contributed by atoms with Crippen molar-refractivity contribution in [2.75, 3.05) is 19.7 Å². The Morgan fingerprint density at radius 3 is 2.53 bits per heavy atom. The molecule has 0 unspecified atom stereocenters. The Bertz CT molecular complexity index is 1110. The van der Waals surface area contributed by atoms with Crippen molar-refractivity contribution < 1.29 is 23.8 Å². The largest absolute Gasteiger partial charge is 0.507 e. The van der Waals surface area contributed by atoms with E-state index in [0.717, 1.165) is 5.56 Å². The molecule has 0 bridgehead atoms. The molecule has 7 heteroatoms. The van der Waals surface area contributed by atoms with E-state index in [2.05, 4.69) is 0 Å². The van der Waals surface area contributed by atoms with Gasteiger partial charge in [-0.15, -0.1) is 0 Å². The number of hydrogen-bond donors (Lipinski definition) is 1. The number of phenols is 1. The fourth-order valence-corrected chi connectivity index (χ4v) is 3.69. The second kappa shape index (κ2) is 8.20. The zero-order valence-corrected chi connectivity index (χ0v) is 16.8. The van der Waals surface area contributed by atoms with Gasteiger partial charge in [-0.25, -0.2) is 0 Å². The molecule has 1 amide bonds. The van der Waals surface area contributed by atoms with Crippen LogP contribution in [0.4, 0.5) is 0 Å². The van der Waals surface area contributed by atoms with Crippen LogP contribution in [0, 0.1) is 0 Å². The lowest BCUT2D eigenvalue weighted by atomic mass is 10.1. The molecule has 0 saturated carbocycles. The molecule has 1 aromatic heterocycles. The number of rotatable bonds is 4. The highest BCUT2D eigenvalue weighted by atomic mass is 16.5. The van der Waals surface area contributed by atoms with E-state index >= 15 is 0 Å². The maximum Gasteiger partial charge on any atom is 0.260 e. The fourth-order valence-electron chi connectivity index (χ4n) is 3.69. The molecule has 2 aromatic carbocycles. The molecule has 0 aliphatic carbocycles. The Balaban J connectivity index is 1.57. The quantitative estimate of drug-likeness (QED) is 0.712. The molecule has 2 atom stereocenters. The molecule has 7 nitrogen and oxygen atoms in total. The molecule has 0 spiro atoms. The number of morpholine rings is 1. The van der Waals surface area contributed by atoms with Gasteiger partial charge in [0.1, 0.15) is 28.2 Å². The third kappa shape index (κ3) is 4.16. The third-order valence-corrected chi connectivity index (χ3v) is 4.98. The second-order valence-electron chi connectivity index (χ2n) is 7.50. The maximum absolute atomic E-state index is 12.5. The van der Waals surface area contributed by atoms with Crippen molar-refractivity contribution in [3.63, 3.8) is 0 Å². The molecule has 30 heavy (non-hydrogen) atoms. The van der Waals surface area contributed by atoms with Gasteiger partial charge in [-0.2, -0.15) is 0 Å². The van der Waals surface area contributed by atoms with Gasteiger partial charge in [-0.05, 0) is 13.8 Å². The number of aromatic hydroxyl groups is 1. The zero-order chi connectivity index (χ0) is 21.3. The van der Waals surface area contributed by atoms with Gasteiger partial charge in [0.15, 0.2) is 12.0 Å². The van der Waals surface area contributed by atoms with Crippen LogP contribution in [0.5, 0.6) is 11.5 Å². The average molecular weight is 409 g/mol. The molecular weight excluding hydrogens is 386 g/mol. The number of amides is 1. The predicted molar refractivity (Wildman–Crippen MR) is 112 cm³/mol. The Morgan fingerprint density at radius 1 is 1.13 bits per heavy atom. The highest BCUT2D eigenvalue weighted by molar-refractivity contribution is 5.86. The molecule has 1 saturated heterocycles. The van der Waals surface area contributed by atoms with Gasteiger partial charge in [0.2, 0.25) is 0 Å².